The molecule has 7 heteroatoms. The summed E-state index contributed by atoms with van der Waals surface area (Å²) in [5.74, 6) is -1.41. The van der Waals surface area contributed by atoms with E-state index >= 15 is 0 Å². The van der Waals surface area contributed by atoms with Gasteiger partial charge in [-0.15, -0.1) is 0 Å². The number of nitrogens with zero attached hydrogens (tertiary/aromatic N) is 1. The van der Waals surface area contributed by atoms with Gasteiger partial charge in [-0.05, 0) is 18.3 Å². The zero-order valence-electron chi connectivity index (χ0n) is 12.5. The molecule has 4 unspecified atom stereocenters. The lowest BCUT2D eigenvalue weighted by atomic mass is 9.96. The van der Waals surface area contributed by atoms with Crippen LogP contribution in [0, 0.1) is 11.8 Å². The summed E-state index contributed by atoms with van der Waals surface area (Å²) in [4.78, 5) is 13.5. The summed E-state index contributed by atoms with van der Waals surface area (Å²) in [5.41, 5.74) is 0. The first-order chi connectivity index (χ1) is 9.73. The largest absolute Gasteiger partial charge is 0.388 e. The van der Waals surface area contributed by atoms with Crippen molar-refractivity contribution >= 4 is 5.91 Å². The first kappa shape index (κ1) is 16.6. The van der Waals surface area contributed by atoms with E-state index < -0.39 is 24.1 Å². The van der Waals surface area contributed by atoms with Gasteiger partial charge in [0.05, 0.1) is 13.2 Å². The molecule has 7 nitrogen and oxygen atoms in total. The highest BCUT2D eigenvalue weighted by atomic mass is 16.6. The van der Waals surface area contributed by atoms with Crippen LogP contribution < -0.4 is 0 Å². The predicted molar refractivity (Wildman–Crippen MR) is 73.1 cm³/mol. The molecule has 21 heavy (non-hydrogen) atoms. The lowest BCUT2D eigenvalue weighted by Gasteiger charge is -2.43. The zero-order chi connectivity index (χ0) is 15.8. The standard InChI is InChI=1S/C14H25NO6/c1-8(2)3-9-4-11(17)15(5-9)7-14(20)13(19)12(18)10(16)6-21-14/h8-10,12-13,16,18-20H,3-7H2,1-2H3/t9?,10?,12?,13?,14-/m0/s1. The van der Waals surface area contributed by atoms with E-state index in [0.717, 1.165) is 6.42 Å². The molecule has 5 atom stereocenters. The third kappa shape index (κ3) is 3.54. The van der Waals surface area contributed by atoms with Crippen molar-refractivity contribution in [3.05, 3.63) is 0 Å². The Morgan fingerprint density at radius 2 is 2.05 bits per heavy atom. The molecule has 2 rings (SSSR count). The van der Waals surface area contributed by atoms with Crippen LogP contribution in [0.1, 0.15) is 26.7 Å². The first-order valence-corrected chi connectivity index (χ1v) is 7.41. The second kappa shape index (κ2) is 6.18. The van der Waals surface area contributed by atoms with E-state index in [2.05, 4.69) is 13.8 Å². The van der Waals surface area contributed by atoms with E-state index in [1.165, 1.54) is 4.90 Å². The second-order valence-corrected chi connectivity index (χ2v) is 6.63. The fourth-order valence-corrected chi connectivity index (χ4v) is 3.13. The zero-order valence-corrected chi connectivity index (χ0v) is 12.5. The van der Waals surface area contributed by atoms with Crippen LogP contribution in [0.2, 0.25) is 0 Å². The van der Waals surface area contributed by atoms with E-state index in [1.54, 1.807) is 0 Å². The highest BCUT2D eigenvalue weighted by Gasteiger charge is 2.50. The molecule has 0 aromatic carbocycles. The topological polar surface area (TPSA) is 110 Å². The lowest BCUT2D eigenvalue weighted by Crippen LogP contribution is -2.64. The summed E-state index contributed by atoms with van der Waals surface area (Å²) in [6, 6.07) is 0. The van der Waals surface area contributed by atoms with E-state index in [0.29, 0.717) is 18.9 Å². The van der Waals surface area contributed by atoms with Crippen molar-refractivity contribution in [3.8, 4) is 0 Å². The Hall–Kier alpha value is -0.730. The maximum atomic E-state index is 12.0. The Morgan fingerprint density at radius 1 is 1.38 bits per heavy atom. The molecule has 0 aromatic rings. The molecule has 0 spiro atoms. The lowest BCUT2D eigenvalue weighted by molar-refractivity contribution is -0.323. The van der Waals surface area contributed by atoms with Crippen LogP contribution in [0.25, 0.3) is 0 Å². The van der Waals surface area contributed by atoms with E-state index in [4.69, 9.17) is 4.74 Å². The third-order valence-electron chi connectivity index (χ3n) is 4.20. The number of rotatable bonds is 4. The Labute approximate surface area is 124 Å². The Morgan fingerprint density at radius 3 is 2.67 bits per heavy atom. The molecule has 2 heterocycles. The summed E-state index contributed by atoms with van der Waals surface area (Å²) in [6.45, 7) is 4.20. The third-order valence-corrected chi connectivity index (χ3v) is 4.20. The van der Waals surface area contributed by atoms with Crippen molar-refractivity contribution < 1.29 is 30.0 Å². The van der Waals surface area contributed by atoms with E-state index in [9.17, 15) is 25.2 Å². The molecule has 0 radical (unpaired) electrons. The summed E-state index contributed by atoms with van der Waals surface area (Å²) in [5, 5.41) is 39.3. The molecule has 0 bridgehead atoms. The number of aliphatic hydroxyl groups excluding tert-OH is 3. The van der Waals surface area contributed by atoms with Gasteiger partial charge in [0.2, 0.25) is 11.7 Å². The van der Waals surface area contributed by atoms with Crippen molar-refractivity contribution in [2.75, 3.05) is 19.7 Å². The number of amides is 1. The molecule has 2 fully saturated rings. The number of likely N-dealkylation sites (tertiary alicyclic amines) is 1. The highest BCUT2D eigenvalue weighted by molar-refractivity contribution is 5.78. The minimum absolute atomic E-state index is 0.0921. The molecule has 2 saturated heterocycles. The van der Waals surface area contributed by atoms with Gasteiger partial charge in [0.15, 0.2) is 0 Å². The van der Waals surface area contributed by atoms with Gasteiger partial charge in [0.25, 0.3) is 0 Å². The first-order valence-electron chi connectivity index (χ1n) is 7.41. The number of aliphatic hydroxyl groups is 4. The normalized spacial score (nSPS) is 41.1. The van der Waals surface area contributed by atoms with Gasteiger partial charge >= 0.3 is 0 Å². The summed E-state index contributed by atoms with van der Waals surface area (Å²) >= 11 is 0. The molecular formula is C14H25NO6. The second-order valence-electron chi connectivity index (χ2n) is 6.63. The van der Waals surface area contributed by atoms with Crippen LogP contribution in [0.15, 0.2) is 0 Å². The minimum Gasteiger partial charge on any atom is -0.388 e. The number of carbonyl (C=O) groups excluding carboxylic acids is 1. The van der Waals surface area contributed by atoms with Gasteiger partial charge in [-0.2, -0.15) is 0 Å². The van der Waals surface area contributed by atoms with Crippen molar-refractivity contribution in [3.63, 3.8) is 0 Å². The SMILES string of the molecule is CC(C)CC1CC(=O)N(C[C@]2(O)OCC(O)C(O)C2O)C1. The summed E-state index contributed by atoms with van der Waals surface area (Å²) in [7, 11) is 0. The van der Waals surface area contributed by atoms with Crippen LogP contribution in [-0.2, 0) is 9.53 Å². The fraction of sp³-hybridized carbons (Fsp3) is 0.929. The van der Waals surface area contributed by atoms with Gasteiger partial charge in [-0.3, -0.25) is 4.79 Å². The molecule has 0 saturated carbocycles. The fourth-order valence-electron chi connectivity index (χ4n) is 3.13. The molecule has 0 aromatic heterocycles. The van der Waals surface area contributed by atoms with Crippen LogP contribution in [0.4, 0.5) is 0 Å². The minimum atomic E-state index is -2.04. The summed E-state index contributed by atoms with van der Waals surface area (Å²) < 4.78 is 5.09. The smallest absolute Gasteiger partial charge is 0.223 e. The molecule has 0 aliphatic carbocycles. The molecule has 2 aliphatic heterocycles. The van der Waals surface area contributed by atoms with E-state index in [-0.39, 0.29) is 25.0 Å². The van der Waals surface area contributed by atoms with Gasteiger partial charge in [-0.1, -0.05) is 13.8 Å². The van der Waals surface area contributed by atoms with Gasteiger partial charge in [-0.25, -0.2) is 0 Å². The molecule has 1 amide bonds. The summed E-state index contributed by atoms with van der Waals surface area (Å²) in [6.07, 6.45) is -3.05. The van der Waals surface area contributed by atoms with Gasteiger partial charge in [0.1, 0.15) is 18.3 Å². The van der Waals surface area contributed by atoms with Crippen LogP contribution >= 0.6 is 0 Å². The predicted octanol–water partition coefficient (Wildman–Crippen LogP) is -1.32. The average molecular weight is 303 g/mol. The van der Waals surface area contributed by atoms with E-state index in [1.807, 2.05) is 0 Å². The number of carbonyl (C=O) groups is 1. The average Bonchev–Trinajstić information content (AvgIpc) is 2.71. The Bertz CT molecular complexity index is 390. The Balaban J connectivity index is 1.99. The molecule has 2 aliphatic rings. The number of hydrogen-bond donors (Lipinski definition) is 4. The number of β-amino-alcohol motifs (C(OH)–C–C–N with tert-alkyl or cyclic N) is 1. The molecular weight excluding hydrogens is 278 g/mol. The van der Waals surface area contributed by atoms with Crippen LogP contribution in [0.5, 0.6) is 0 Å². The molecule has 122 valence electrons. The number of ether oxygens (including phenoxy) is 1. The maximum absolute atomic E-state index is 12.0. The van der Waals surface area contributed by atoms with Crippen molar-refractivity contribution in [1.82, 2.24) is 4.90 Å². The van der Waals surface area contributed by atoms with Crippen molar-refractivity contribution in [2.24, 2.45) is 11.8 Å². The van der Waals surface area contributed by atoms with Crippen LogP contribution in [-0.4, -0.2) is 75.0 Å². The molecule has 4 N–H and O–H groups in total. The van der Waals surface area contributed by atoms with Crippen LogP contribution in [0.3, 0.4) is 0 Å². The Kier molecular flexibility index (Phi) is 4.89. The van der Waals surface area contributed by atoms with Crippen molar-refractivity contribution in [2.45, 2.75) is 50.8 Å². The van der Waals surface area contributed by atoms with Gasteiger partial charge in [0, 0.05) is 13.0 Å². The van der Waals surface area contributed by atoms with Crippen molar-refractivity contribution in [1.29, 1.82) is 0 Å². The number of hydrogen-bond acceptors (Lipinski definition) is 6. The monoisotopic (exact) mass is 303 g/mol. The quantitative estimate of drug-likeness (QED) is 0.513. The maximum Gasteiger partial charge on any atom is 0.223 e. The highest BCUT2D eigenvalue weighted by Crippen LogP contribution is 2.29. The van der Waals surface area contributed by atoms with Gasteiger partial charge < -0.3 is 30.1 Å².